The van der Waals surface area contributed by atoms with Crippen LogP contribution in [-0.4, -0.2) is 22.7 Å². The van der Waals surface area contributed by atoms with E-state index in [2.05, 4.69) is 11.9 Å². The molecule has 6 heteroatoms. The number of hydrogen-bond donors (Lipinski definition) is 2. The normalized spacial score (nSPS) is 10.1. The lowest BCUT2D eigenvalue weighted by Gasteiger charge is -2.07. The standard InChI is InChI=1S/C17H14ClNO3S/c1-11(17(21)22)10-23-15-8-6-14(7-9-15)19-16(20)12-2-4-13(18)5-3-12/h2-9H,1,10H2,(H,19,20)(H,21,22). The second-order valence-corrected chi connectivity index (χ2v) is 6.17. The molecule has 0 aromatic heterocycles. The van der Waals surface area contributed by atoms with E-state index < -0.39 is 5.97 Å². The topological polar surface area (TPSA) is 66.4 Å². The summed E-state index contributed by atoms with van der Waals surface area (Å²) in [7, 11) is 0. The minimum atomic E-state index is -0.996. The predicted octanol–water partition coefficient (Wildman–Crippen LogP) is 4.33. The number of anilines is 1. The maximum absolute atomic E-state index is 12.1. The van der Waals surface area contributed by atoms with Crippen LogP contribution in [0.3, 0.4) is 0 Å². The Morgan fingerprint density at radius 3 is 2.26 bits per heavy atom. The molecular weight excluding hydrogens is 334 g/mol. The molecule has 4 nitrogen and oxygen atoms in total. The molecule has 118 valence electrons. The van der Waals surface area contributed by atoms with Crippen LogP contribution in [0.1, 0.15) is 10.4 Å². The Kier molecular flexibility index (Phi) is 5.84. The molecule has 1 amide bonds. The number of carbonyl (C=O) groups excluding carboxylic acids is 1. The molecule has 2 rings (SSSR count). The predicted molar refractivity (Wildman–Crippen MR) is 93.3 cm³/mol. The van der Waals surface area contributed by atoms with Crippen molar-refractivity contribution in [2.24, 2.45) is 0 Å². The van der Waals surface area contributed by atoms with Crippen molar-refractivity contribution >= 4 is 40.9 Å². The van der Waals surface area contributed by atoms with Gasteiger partial charge in [-0.05, 0) is 48.5 Å². The Balaban J connectivity index is 1.94. The molecule has 0 saturated carbocycles. The maximum atomic E-state index is 12.1. The smallest absolute Gasteiger partial charge is 0.331 e. The van der Waals surface area contributed by atoms with Crippen molar-refractivity contribution in [3.05, 3.63) is 71.3 Å². The molecule has 0 unspecified atom stereocenters. The van der Waals surface area contributed by atoms with Gasteiger partial charge in [0.05, 0.1) is 0 Å². The zero-order valence-electron chi connectivity index (χ0n) is 12.1. The highest BCUT2D eigenvalue weighted by Crippen LogP contribution is 2.22. The summed E-state index contributed by atoms with van der Waals surface area (Å²) in [5, 5.41) is 12.1. The largest absolute Gasteiger partial charge is 0.478 e. The van der Waals surface area contributed by atoms with E-state index in [1.54, 1.807) is 36.4 Å². The van der Waals surface area contributed by atoms with E-state index in [0.29, 0.717) is 22.0 Å². The fourth-order valence-corrected chi connectivity index (χ4v) is 2.59. The monoisotopic (exact) mass is 347 g/mol. The van der Waals surface area contributed by atoms with Crippen LogP contribution in [0.5, 0.6) is 0 Å². The van der Waals surface area contributed by atoms with Crippen molar-refractivity contribution in [2.75, 3.05) is 11.1 Å². The van der Waals surface area contributed by atoms with E-state index in [-0.39, 0.29) is 11.5 Å². The van der Waals surface area contributed by atoms with Crippen LogP contribution in [0, 0.1) is 0 Å². The number of halogens is 1. The van der Waals surface area contributed by atoms with Gasteiger partial charge in [-0.25, -0.2) is 4.79 Å². The number of carboxylic acid groups (broad SMARTS) is 1. The van der Waals surface area contributed by atoms with Crippen LogP contribution in [0.2, 0.25) is 5.02 Å². The number of aliphatic carboxylic acids is 1. The van der Waals surface area contributed by atoms with E-state index in [1.807, 2.05) is 12.1 Å². The summed E-state index contributed by atoms with van der Waals surface area (Å²) >= 11 is 7.16. The van der Waals surface area contributed by atoms with Gasteiger partial charge in [0.15, 0.2) is 0 Å². The van der Waals surface area contributed by atoms with Crippen molar-refractivity contribution < 1.29 is 14.7 Å². The number of hydrogen-bond acceptors (Lipinski definition) is 3. The highest BCUT2D eigenvalue weighted by molar-refractivity contribution is 7.99. The number of benzene rings is 2. The molecule has 0 aliphatic heterocycles. The van der Waals surface area contributed by atoms with Crippen LogP contribution < -0.4 is 5.32 Å². The third-order valence-corrected chi connectivity index (χ3v) is 4.28. The van der Waals surface area contributed by atoms with Crippen LogP contribution >= 0.6 is 23.4 Å². The molecule has 0 aliphatic carbocycles. The fourth-order valence-electron chi connectivity index (χ4n) is 1.67. The number of rotatable bonds is 6. The number of amides is 1. The summed E-state index contributed by atoms with van der Waals surface area (Å²) in [4.78, 5) is 23.6. The molecule has 0 radical (unpaired) electrons. The van der Waals surface area contributed by atoms with E-state index in [1.165, 1.54) is 11.8 Å². The zero-order chi connectivity index (χ0) is 16.8. The Hall–Kier alpha value is -2.24. The lowest BCUT2D eigenvalue weighted by molar-refractivity contribution is -0.132. The first-order valence-corrected chi connectivity index (χ1v) is 8.03. The van der Waals surface area contributed by atoms with Gasteiger partial charge in [-0.3, -0.25) is 4.79 Å². The second kappa shape index (κ2) is 7.85. The average molecular weight is 348 g/mol. The molecule has 2 aromatic rings. The van der Waals surface area contributed by atoms with Gasteiger partial charge in [0.25, 0.3) is 5.91 Å². The molecule has 0 aliphatic rings. The Labute approximate surface area is 143 Å². The Bertz CT molecular complexity index is 727. The van der Waals surface area contributed by atoms with E-state index in [0.717, 1.165) is 4.90 Å². The van der Waals surface area contributed by atoms with Crippen LogP contribution in [0.15, 0.2) is 65.6 Å². The second-order valence-electron chi connectivity index (χ2n) is 4.68. The van der Waals surface area contributed by atoms with Crippen molar-refractivity contribution in [1.82, 2.24) is 0 Å². The zero-order valence-corrected chi connectivity index (χ0v) is 13.7. The summed E-state index contributed by atoms with van der Waals surface area (Å²) in [6.07, 6.45) is 0. The maximum Gasteiger partial charge on any atom is 0.331 e. The molecule has 2 N–H and O–H groups in total. The number of carbonyl (C=O) groups is 2. The molecule has 0 spiro atoms. The fraction of sp³-hybridized carbons (Fsp3) is 0.0588. The highest BCUT2D eigenvalue weighted by atomic mass is 35.5. The van der Waals surface area contributed by atoms with Crippen LogP contribution in [0.4, 0.5) is 5.69 Å². The molecule has 2 aromatic carbocycles. The van der Waals surface area contributed by atoms with E-state index in [4.69, 9.17) is 16.7 Å². The van der Waals surface area contributed by atoms with E-state index in [9.17, 15) is 9.59 Å². The number of carboxylic acids is 1. The highest BCUT2D eigenvalue weighted by Gasteiger charge is 2.07. The Morgan fingerprint density at radius 2 is 1.70 bits per heavy atom. The van der Waals surface area contributed by atoms with Gasteiger partial charge in [-0.1, -0.05) is 18.2 Å². The lowest BCUT2D eigenvalue weighted by Crippen LogP contribution is -2.11. The van der Waals surface area contributed by atoms with Gasteiger partial charge in [0, 0.05) is 32.5 Å². The lowest BCUT2D eigenvalue weighted by atomic mass is 10.2. The molecule has 0 saturated heterocycles. The van der Waals surface area contributed by atoms with Gasteiger partial charge in [-0.15, -0.1) is 11.8 Å². The van der Waals surface area contributed by atoms with Crippen molar-refractivity contribution in [2.45, 2.75) is 4.90 Å². The SMILES string of the molecule is C=C(CSc1ccc(NC(=O)c2ccc(Cl)cc2)cc1)C(=O)O. The van der Waals surface area contributed by atoms with Gasteiger partial charge in [-0.2, -0.15) is 0 Å². The first-order valence-electron chi connectivity index (χ1n) is 6.66. The summed E-state index contributed by atoms with van der Waals surface area (Å²) in [5.74, 6) is -0.906. The minimum Gasteiger partial charge on any atom is -0.478 e. The summed E-state index contributed by atoms with van der Waals surface area (Å²) in [6, 6.07) is 13.8. The summed E-state index contributed by atoms with van der Waals surface area (Å²) in [5.41, 5.74) is 1.33. The Morgan fingerprint density at radius 1 is 1.09 bits per heavy atom. The van der Waals surface area contributed by atoms with Crippen molar-refractivity contribution in [3.8, 4) is 0 Å². The van der Waals surface area contributed by atoms with Gasteiger partial charge in [0.2, 0.25) is 0 Å². The summed E-state index contributed by atoms with van der Waals surface area (Å²) in [6.45, 7) is 3.48. The van der Waals surface area contributed by atoms with Crippen LogP contribution in [-0.2, 0) is 4.79 Å². The molecular formula is C17H14ClNO3S. The van der Waals surface area contributed by atoms with Crippen LogP contribution in [0.25, 0.3) is 0 Å². The molecule has 23 heavy (non-hydrogen) atoms. The molecule has 0 atom stereocenters. The molecule has 0 bridgehead atoms. The third-order valence-electron chi connectivity index (χ3n) is 2.93. The number of thioether (sulfide) groups is 1. The molecule has 0 heterocycles. The number of nitrogens with one attached hydrogen (secondary N) is 1. The van der Waals surface area contributed by atoms with E-state index >= 15 is 0 Å². The summed E-state index contributed by atoms with van der Waals surface area (Å²) < 4.78 is 0. The van der Waals surface area contributed by atoms with Gasteiger partial charge >= 0.3 is 5.97 Å². The van der Waals surface area contributed by atoms with Gasteiger partial charge < -0.3 is 10.4 Å². The molecule has 0 fully saturated rings. The minimum absolute atomic E-state index is 0.148. The van der Waals surface area contributed by atoms with Crippen molar-refractivity contribution in [3.63, 3.8) is 0 Å². The quantitative estimate of drug-likeness (QED) is 0.603. The first kappa shape index (κ1) is 17.1. The van der Waals surface area contributed by atoms with Crippen molar-refractivity contribution in [1.29, 1.82) is 0 Å². The third kappa shape index (κ3) is 5.16. The van der Waals surface area contributed by atoms with Gasteiger partial charge in [0.1, 0.15) is 0 Å². The first-order chi connectivity index (χ1) is 11.0. The average Bonchev–Trinajstić information content (AvgIpc) is 2.54.